The molecular weight excluding hydrogens is 229 g/mol. The highest BCUT2D eigenvalue weighted by atomic mass is 35.5. The van der Waals surface area contributed by atoms with Crippen LogP contribution < -0.4 is 5.73 Å². The molecule has 0 aliphatic heterocycles. The lowest BCUT2D eigenvalue weighted by atomic mass is 9.90. The van der Waals surface area contributed by atoms with Crippen LogP contribution >= 0.6 is 11.6 Å². The molecule has 0 saturated carbocycles. The Hall–Kier alpha value is -0.640. The Morgan fingerprint density at radius 2 is 2.00 bits per heavy atom. The first-order valence-corrected chi connectivity index (χ1v) is 5.54. The van der Waals surface area contributed by atoms with Gasteiger partial charge in [-0.05, 0) is 32.4 Å². The summed E-state index contributed by atoms with van der Waals surface area (Å²) < 4.78 is 14.0. The predicted molar refractivity (Wildman–Crippen MR) is 64.2 cm³/mol. The van der Waals surface area contributed by atoms with E-state index in [1.807, 2.05) is 0 Å². The molecule has 3 N–H and O–H groups in total. The van der Waals surface area contributed by atoms with E-state index in [1.54, 1.807) is 25.1 Å². The van der Waals surface area contributed by atoms with E-state index in [4.69, 9.17) is 17.3 Å². The maximum atomic E-state index is 14.0. The number of rotatable bonds is 3. The van der Waals surface area contributed by atoms with Gasteiger partial charge in [0.1, 0.15) is 5.67 Å². The molecule has 0 saturated heterocycles. The van der Waals surface area contributed by atoms with E-state index in [0.717, 1.165) is 0 Å². The highest BCUT2D eigenvalue weighted by Crippen LogP contribution is 2.37. The van der Waals surface area contributed by atoms with Gasteiger partial charge in [0, 0.05) is 16.6 Å². The smallest absolute Gasteiger partial charge is 0.132 e. The summed E-state index contributed by atoms with van der Waals surface area (Å²) in [5.41, 5.74) is 4.77. The van der Waals surface area contributed by atoms with Crippen LogP contribution in [0.4, 0.5) is 4.39 Å². The molecule has 2 nitrogen and oxygen atoms in total. The first-order chi connectivity index (χ1) is 7.25. The molecule has 0 aliphatic rings. The van der Waals surface area contributed by atoms with Crippen molar-refractivity contribution in [3.05, 3.63) is 34.3 Å². The van der Waals surface area contributed by atoms with Crippen LogP contribution in [-0.2, 0) is 5.67 Å². The van der Waals surface area contributed by atoms with E-state index in [9.17, 15) is 9.50 Å². The molecule has 0 fully saturated rings. The molecular formula is C12H17ClFNO. The molecule has 2 atom stereocenters. The number of hydrogen-bond acceptors (Lipinski definition) is 2. The fourth-order valence-electron chi connectivity index (χ4n) is 1.70. The largest absolute Gasteiger partial charge is 0.387 e. The van der Waals surface area contributed by atoms with Crippen molar-refractivity contribution in [1.82, 2.24) is 0 Å². The number of benzene rings is 1. The summed E-state index contributed by atoms with van der Waals surface area (Å²) in [5.74, 6) is 0. The molecule has 1 aromatic carbocycles. The Morgan fingerprint density at radius 3 is 2.44 bits per heavy atom. The van der Waals surface area contributed by atoms with Gasteiger partial charge in [-0.25, -0.2) is 4.39 Å². The van der Waals surface area contributed by atoms with E-state index in [0.29, 0.717) is 16.1 Å². The normalized spacial score (nSPS) is 15.9. The summed E-state index contributed by atoms with van der Waals surface area (Å²) >= 11 is 5.97. The zero-order chi connectivity index (χ0) is 12.5. The second kappa shape index (κ2) is 4.70. The molecule has 0 heterocycles. The molecule has 16 heavy (non-hydrogen) atoms. The van der Waals surface area contributed by atoms with E-state index >= 15 is 0 Å². The van der Waals surface area contributed by atoms with Gasteiger partial charge in [0.2, 0.25) is 0 Å². The highest BCUT2D eigenvalue weighted by molar-refractivity contribution is 6.31. The lowest BCUT2D eigenvalue weighted by molar-refractivity contribution is 0.143. The molecule has 90 valence electrons. The Balaban J connectivity index is 3.35. The molecule has 0 amide bonds. The van der Waals surface area contributed by atoms with E-state index in [-0.39, 0.29) is 0 Å². The van der Waals surface area contributed by atoms with Gasteiger partial charge in [-0.3, -0.25) is 0 Å². The van der Waals surface area contributed by atoms with Crippen molar-refractivity contribution in [3.8, 4) is 0 Å². The molecule has 2 unspecified atom stereocenters. The third-order valence-corrected chi connectivity index (χ3v) is 2.77. The SMILES string of the molecule is CC(N)C(O)c1cccc(Cl)c1C(C)(C)F. The van der Waals surface area contributed by atoms with Gasteiger partial charge in [0.25, 0.3) is 0 Å². The van der Waals surface area contributed by atoms with Crippen molar-refractivity contribution in [2.45, 2.75) is 38.6 Å². The minimum Gasteiger partial charge on any atom is -0.387 e. The fraction of sp³-hybridized carbons (Fsp3) is 0.500. The third kappa shape index (κ3) is 2.73. The number of nitrogens with two attached hydrogens (primary N) is 1. The van der Waals surface area contributed by atoms with Crippen LogP contribution in [0.3, 0.4) is 0 Å². The van der Waals surface area contributed by atoms with Gasteiger partial charge in [-0.1, -0.05) is 23.7 Å². The van der Waals surface area contributed by atoms with Crippen LogP contribution in [0.5, 0.6) is 0 Å². The van der Waals surface area contributed by atoms with E-state index < -0.39 is 17.8 Å². The van der Waals surface area contributed by atoms with Crippen LogP contribution in [0.25, 0.3) is 0 Å². The van der Waals surface area contributed by atoms with Gasteiger partial charge in [0.05, 0.1) is 6.10 Å². The van der Waals surface area contributed by atoms with Crippen LogP contribution in [0, 0.1) is 0 Å². The highest BCUT2D eigenvalue weighted by Gasteiger charge is 2.29. The van der Waals surface area contributed by atoms with Gasteiger partial charge >= 0.3 is 0 Å². The number of halogens is 2. The third-order valence-electron chi connectivity index (χ3n) is 2.46. The first kappa shape index (κ1) is 13.4. The van der Waals surface area contributed by atoms with Crippen molar-refractivity contribution in [2.75, 3.05) is 0 Å². The van der Waals surface area contributed by atoms with Gasteiger partial charge in [-0.2, -0.15) is 0 Å². The van der Waals surface area contributed by atoms with Crippen LogP contribution in [0.15, 0.2) is 18.2 Å². The molecule has 0 radical (unpaired) electrons. The first-order valence-electron chi connectivity index (χ1n) is 5.16. The molecule has 0 aromatic heterocycles. The summed E-state index contributed by atoms with van der Waals surface area (Å²) in [5, 5.41) is 10.2. The number of aliphatic hydroxyl groups is 1. The maximum absolute atomic E-state index is 14.0. The number of alkyl halides is 1. The zero-order valence-electron chi connectivity index (χ0n) is 9.67. The van der Waals surface area contributed by atoms with Crippen LogP contribution in [0.1, 0.15) is 38.0 Å². The topological polar surface area (TPSA) is 46.2 Å². The standard InChI is InChI=1S/C12H17ClFNO/c1-7(15)11(16)8-5-4-6-9(13)10(8)12(2,3)14/h4-7,11,16H,15H2,1-3H3. The maximum Gasteiger partial charge on any atom is 0.132 e. The Labute approximate surface area is 100 Å². The van der Waals surface area contributed by atoms with Crippen molar-refractivity contribution in [1.29, 1.82) is 0 Å². The molecule has 1 rings (SSSR count). The molecule has 0 spiro atoms. The summed E-state index contributed by atoms with van der Waals surface area (Å²) in [4.78, 5) is 0. The quantitative estimate of drug-likeness (QED) is 0.860. The molecule has 0 bridgehead atoms. The average molecular weight is 246 g/mol. The van der Waals surface area contributed by atoms with Gasteiger partial charge in [-0.15, -0.1) is 0 Å². The fourth-order valence-corrected chi connectivity index (χ4v) is 2.10. The predicted octanol–water partition coefficient (Wildman–Crippen LogP) is 2.93. The summed E-state index contributed by atoms with van der Waals surface area (Å²) in [7, 11) is 0. The zero-order valence-corrected chi connectivity index (χ0v) is 10.4. The Bertz CT molecular complexity index is 374. The lowest BCUT2D eigenvalue weighted by Gasteiger charge is -2.25. The summed E-state index contributed by atoms with van der Waals surface area (Å²) in [6, 6.07) is 4.46. The van der Waals surface area contributed by atoms with Crippen LogP contribution in [-0.4, -0.2) is 11.1 Å². The summed E-state index contributed by atoms with van der Waals surface area (Å²) in [6.45, 7) is 4.48. The van der Waals surface area contributed by atoms with Crippen molar-refractivity contribution >= 4 is 11.6 Å². The minimum atomic E-state index is -1.61. The molecule has 1 aromatic rings. The Kier molecular flexibility index (Phi) is 3.94. The van der Waals surface area contributed by atoms with E-state index in [2.05, 4.69) is 0 Å². The lowest BCUT2D eigenvalue weighted by Crippen LogP contribution is -2.27. The molecule has 0 aliphatic carbocycles. The van der Waals surface area contributed by atoms with Gasteiger partial charge in [0.15, 0.2) is 0 Å². The number of hydrogen-bond donors (Lipinski definition) is 2. The molecule has 4 heteroatoms. The Morgan fingerprint density at radius 1 is 1.44 bits per heavy atom. The summed E-state index contributed by atoms with van der Waals surface area (Å²) in [6.07, 6.45) is -0.913. The van der Waals surface area contributed by atoms with Crippen LogP contribution in [0.2, 0.25) is 5.02 Å². The van der Waals surface area contributed by atoms with Crippen molar-refractivity contribution < 1.29 is 9.50 Å². The monoisotopic (exact) mass is 245 g/mol. The second-order valence-electron chi connectivity index (χ2n) is 4.48. The number of aliphatic hydroxyl groups excluding tert-OH is 1. The second-order valence-corrected chi connectivity index (χ2v) is 4.89. The average Bonchev–Trinajstić information content (AvgIpc) is 2.14. The van der Waals surface area contributed by atoms with Crippen molar-refractivity contribution in [3.63, 3.8) is 0 Å². The minimum absolute atomic E-state index is 0.307. The van der Waals surface area contributed by atoms with E-state index in [1.165, 1.54) is 13.8 Å². The van der Waals surface area contributed by atoms with Crippen molar-refractivity contribution in [2.24, 2.45) is 5.73 Å². The van der Waals surface area contributed by atoms with Gasteiger partial charge < -0.3 is 10.8 Å².